The first-order valence-corrected chi connectivity index (χ1v) is 7.31. The summed E-state index contributed by atoms with van der Waals surface area (Å²) in [5, 5.41) is 15.6. The number of piperidine rings is 1. The molecule has 1 aromatic heterocycles. The number of likely N-dealkylation sites (tertiary alicyclic amines) is 1. The van der Waals surface area contributed by atoms with E-state index in [9.17, 15) is 0 Å². The van der Waals surface area contributed by atoms with E-state index in [0.717, 1.165) is 31.1 Å². The van der Waals surface area contributed by atoms with Crippen LogP contribution in [0.15, 0.2) is 12.1 Å². The third-order valence-corrected chi connectivity index (χ3v) is 4.14. The fourth-order valence-electron chi connectivity index (χ4n) is 3.00. The molecule has 0 amide bonds. The maximum atomic E-state index is 4.40. The van der Waals surface area contributed by atoms with Gasteiger partial charge in [-0.1, -0.05) is 0 Å². The van der Waals surface area contributed by atoms with Gasteiger partial charge in [0.25, 0.3) is 0 Å². The Hall–Kier alpha value is -1.20. The number of hydrogen-bond acceptors (Lipinski definition) is 5. The van der Waals surface area contributed by atoms with Crippen LogP contribution in [0, 0.1) is 0 Å². The normalized spacial score (nSPS) is 28.5. The summed E-state index contributed by atoms with van der Waals surface area (Å²) in [7, 11) is 2.17. The molecule has 104 valence electrons. The number of nitrogens with zero attached hydrogens (tertiary/aromatic N) is 3. The van der Waals surface area contributed by atoms with Gasteiger partial charge in [0.2, 0.25) is 0 Å². The fourth-order valence-corrected chi connectivity index (χ4v) is 3.00. The van der Waals surface area contributed by atoms with Crippen molar-refractivity contribution in [2.75, 3.05) is 38.5 Å². The largest absolute Gasteiger partial charge is 0.365 e. The Kier molecular flexibility index (Phi) is 3.94. The van der Waals surface area contributed by atoms with E-state index in [-0.39, 0.29) is 0 Å². The quantitative estimate of drug-likeness (QED) is 0.852. The average Bonchev–Trinajstić information content (AvgIpc) is 2.87. The predicted octanol–water partition coefficient (Wildman–Crippen LogP) is 1.06. The van der Waals surface area contributed by atoms with Crippen molar-refractivity contribution in [2.24, 2.45) is 0 Å². The Labute approximate surface area is 114 Å². The van der Waals surface area contributed by atoms with Gasteiger partial charge in [0.1, 0.15) is 5.82 Å². The summed E-state index contributed by atoms with van der Waals surface area (Å²) in [4.78, 5) is 2.35. The van der Waals surface area contributed by atoms with Gasteiger partial charge in [0.15, 0.2) is 0 Å². The molecule has 0 saturated carbocycles. The smallest absolute Gasteiger partial charge is 0.148 e. The molecule has 19 heavy (non-hydrogen) atoms. The Morgan fingerprint density at radius 2 is 2.26 bits per heavy atom. The van der Waals surface area contributed by atoms with Crippen LogP contribution < -0.4 is 10.6 Å². The van der Waals surface area contributed by atoms with Crippen LogP contribution in [0.25, 0.3) is 0 Å². The molecule has 0 aromatic carbocycles. The zero-order valence-corrected chi connectivity index (χ0v) is 11.6. The van der Waals surface area contributed by atoms with Gasteiger partial charge in [-0.2, -0.15) is 5.10 Å². The van der Waals surface area contributed by atoms with E-state index in [1.165, 1.54) is 25.8 Å². The van der Waals surface area contributed by atoms with Crippen molar-refractivity contribution in [3.63, 3.8) is 0 Å². The molecule has 0 aliphatic carbocycles. The van der Waals surface area contributed by atoms with Crippen LogP contribution >= 0.6 is 0 Å². The van der Waals surface area contributed by atoms with Gasteiger partial charge < -0.3 is 15.5 Å². The van der Waals surface area contributed by atoms with E-state index in [2.05, 4.69) is 44.9 Å². The standard InChI is InChI=1S/C14H23N5/c1-19-8-6-11(10-19)13-4-5-14(18-17-13)16-12-3-2-7-15-9-12/h4-5,11-12,15H,2-3,6-10H2,1H3,(H,16,18). The lowest BCUT2D eigenvalue weighted by molar-refractivity contribution is 0.410. The van der Waals surface area contributed by atoms with Gasteiger partial charge in [-0.25, -0.2) is 0 Å². The van der Waals surface area contributed by atoms with Crippen molar-refractivity contribution in [1.29, 1.82) is 0 Å². The van der Waals surface area contributed by atoms with E-state index in [1.54, 1.807) is 0 Å². The Morgan fingerprint density at radius 3 is 2.89 bits per heavy atom. The van der Waals surface area contributed by atoms with Crippen LogP contribution in [0.1, 0.15) is 30.9 Å². The number of hydrogen-bond donors (Lipinski definition) is 2. The molecule has 2 fully saturated rings. The fraction of sp³-hybridized carbons (Fsp3) is 0.714. The number of aromatic nitrogens is 2. The maximum absolute atomic E-state index is 4.40. The topological polar surface area (TPSA) is 53.1 Å². The molecule has 0 radical (unpaired) electrons. The van der Waals surface area contributed by atoms with Crippen LogP contribution in [-0.2, 0) is 0 Å². The minimum atomic E-state index is 0.492. The molecular weight excluding hydrogens is 238 g/mol. The third-order valence-electron chi connectivity index (χ3n) is 4.14. The minimum Gasteiger partial charge on any atom is -0.365 e. The molecule has 1 aromatic rings. The highest BCUT2D eigenvalue weighted by Crippen LogP contribution is 2.24. The highest BCUT2D eigenvalue weighted by atomic mass is 15.2. The molecule has 2 saturated heterocycles. The van der Waals surface area contributed by atoms with Gasteiger partial charge in [0.05, 0.1) is 5.69 Å². The second kappa shape index (κ2) is 5.84. The number of rotatable bonds is 3. The van der Waals surface area contributed by atoms with E-state index < -0.39 is 0 Å². The maximum Gasteiger partial charge on any atom is 0.148 e. The minimum absolute atomic E-state index is 0.492. The molecular formula is C14H23N5. The van der Waals surface area contributed by atoms with E-state index in [4.69, 9.17) is 0 Å². The van der Waals surface area contributed by atoms with E-state index in [0.29, 0.717) is 12.0 Å². The van der Waals surface area contributed by atoms with E-state index >= 15 is 0 Å². The zero-order chi connectivity index (χ0) is 13.1. The van der Waals surface area contributed by atoms with Gasteiger partial charge in [0, 0.05) is 25.0 Å². The van der Waals surface area contributed by atoms with Crippen molar-refractivity contribution < 1.29 is 0 Å². The van der Waals surface area contributed by atoms with Gasteiger partial charge >= 0.3 is 0 Å². The van der Waals surface area contributed by atoms with Crippen LogP contribution in [0.5, 0.6) is 0 Å². The van der Waals surface area contributed by atoms with E-state index in [1.807, 2.05) is 0 Å². The van der Waals surface area contributed by atoms with Crippen molar-refractivity contribution >= 4 is 5.82 Å². The molecule has 2 atom stereocenters. The van der Waals surface area contributed by atoms with Gasteiger partial charge in [-0.3, -0.25) is 0 Å². The molecule has 0 bridgehead atoms. The van der Waals surface area contributed by atoms with Crippen LogP contribution in [0.2, 0.25) is 0 Å². The second-order valence-electron chi connectivity index (χ2n) is 5.78. The van der Waals surface area contributed by atoms with Gasteiger partial charge in [-0.05, 0) is 51.5 Å². The first-order chi connectivity index (χ1) is 9.31. The first-order valence-electron chi connectivity index (χ1n) is 7.31. The summed E-state index contributed by atoms with van der Waals surface area (Å²) in [5.41, 5.74) is 1.14. The number of anilines is 1. The Bertz CT molecular complexity index is 399. The summed E-state index contributed by atoms with van der Waals surface area (Å²) >= 11 is 0. The summed E-state index contributed by atoms with van der Waals surface area (Å²) < 4.78 is 0. The molecule has 0 spiro atoms. The second-order valence-corrected chi connectivity index (χ2v) is 5.78. The summed E-state index contributed by atoms with van der Waals surface area (Å²) in [5.74, 6) is 1.46. The third kappa shape index (κ3) is 3.22. The SMILES string of the molecule is CN1CCC(c2ccc(NC3CCCNC3)nn2)C1. The van der Waals surface area contributed by atoms with Crippen LogP contribution in [-0.4, -0.2) is 54.4 Å². The van der Waals surface area contributed by atoms with Crippen LogP contribution in [0.4, 0.5) is 5.82 Å². The zero-order valence-electron chi connectivity index (χ0n) is 11.6. The predicted molar refractivity (Wildman–Crippen MR) is 76.4 cm³/mol. The summed E-state index contributed by atoms with van der Waals surface area (Å²) in [6, 6.07) is 4.71. The lowest BCUT2D eigenvalue weighted by atomic mass is 10.0. The lowest BCUT2D eigenvalue weighted by Gasteiger charge is -2.24. The molecule has 2 aliphatic rings. The van der Waals surface area contributed by atoms with Crippen molar-refractivity contribution in [3.05, 3.63) is 17.8 Å². The Morgan fingerprint density at radius 1 is 1.32 bits per heavy atom. The highest BCUT2D eigenvalue weighted by Gasteiger charge is 2.22. The van der Waals surface area contributed by atoms with Gasteiger partial charge in [-0.15, -0.1) is 5.10 Å². The monoisotopic (exact) mass is 261 g/mol. The lowest BCUT2D eigenvalue weighted by Crippen LogP contribution is -2.38. The van der Waals surface area contributed by atoms with Crippen LogP contribution in [0.3, 0.4) is 0 Å². The van der Waals surface area contributed by atoms with Crippen molar-refractivity contribution in [3.8, 4) is 0 Å². The molecule has 2 N–H and O–H groups in total. The molecule has 3 rings (SSSR count). The molecule has 2 aliphatic heterocycles. The van der Waals surface area contributed by atoms with Crippen molar-refractivity contribution in [1.82, 2.24) is 20.4 Å². The summed E-state index contributed by atoms with van der Waals surface area (Å²) in [6.45, 7) is 4.43. The molecule has 3 heterocycles. The highest BCUT2D eigenvalue weighted by molar-refractivity contribution is 5.35. The average molecular weight is 261 g/mol. The summed E-state index contributed by atoms with van der Waals surface area (Å²) in [6.07, 6.45) is 3.64. The molecule has 2 unspecified atom stereocenters. The number of likely N-dealkylation sites (N-methyl/N-ethyl adjacent to an activating group) is 1. The molecule has 5 heteroatoms. The van der Waals surface area contributed by atoms with Crippen molar-refractivity contribution in [2.45, 2.75) is 31.2 Å². The first kappa shape index (κ1) is 12.8. The molecule has 5 nitrogen and oxygen atoms in total. The number of nitrogens with one attached hydrogen (secondary N) is 2. The Balaban J connectivity index is 1.59.